The van der Waals surface area contributed by atoms with Gasteiger partial charge >= 0.3 is 0 Å². The Morgan fingerprint density at radius 2 is 2.39 bits per heavy atom. The highest BCUT2D eigenvalue weighted by Crippen LogP contribution is 2.11. The van der Waals surface area contributed by atoms with Crippen LogP contribution in [0.25, 0.3) is 0 Å². The van der Waals surface area contributed by atoms with Gasteiger partial charge in [-0.2, -0.15) is 0 Å². The van der Waals surface area contributed by atoms with E-state index in [-0.39, 0.29) is 17.6 Å². The van der Waals surface area contributed by atoms with E-state index in [9.17, 15) is 9.18 Å². The third kappa shape index (κ3) is 3.29. The summed E-state index contributed by atoms with van der Waals surface area (Å²) in [4.78, 5) is 11.9. The number of halogens is 1. The van der Waals surface area contributed by atoms with Crippen molar-refractivity contribution in [2.24, 2.45) is 5.92 Å². The van der Waals surface area contributed by atoms with Gasteiger partial charge in [0.25, 0.3) is 0 Å². The lowest BCUT2D eigenvalue weighted by atomic mass is 9.99. The van der Waals surface area contributed by atoms with E-state index in [0.29, 0.717) is 12.1 Å². The van der Waals surface area contributed by atoms with Gasteiger partial charge in [-0.1, -0.05) is 12.1 Å². The third-order valence-corrected chi connectivity index (χ3v) is 3.37. The smallest absolute Gasteiger partial charge is 0.224 e. The number of benzene rings is 1. The van der Waals surface area contributed by atoms with Crippen LogP contribution in [0.3, 0.4) is 0 Å². The normalized spacial score (nSPS) is 19.6. The van der Waals surface area contributed by atoms with Gasteiger partial charge in [0.2, 0.25) is 5.91 Å². The van der Waals surface area contributed by atoms with Gasteiger partial charge in [-0.15, -0.1) is 0 Å². The summed E-state index contributed by atoms with van der Waals surface area (Å²) in [5, 5.41) is 6.08. The second kappa shape index (κ2) is 5.96. The van der Waals surface area contributed by atoms with Crippen molar-refractivity contribution in [3.8, 4) is 0 Å². The minimum atomic E-state index is -0.221. The van der Waals surface area contributed by atoms with E-state index in [1.54, 1.807) is 13.0 Å². The van der Waals surface area contributed by atoms with Gasteiger partial charge < -0.3 is 10.6 Å². The van der Waals surface area contributed by atoms with Gasteiger partial charge in [0.1, 0.15) is 5.82 Å². The first-order valence-corrected chi connectivity index (χ1v) is 6.40. The highest BCUT2D eigenvalue weighted by Gasteiger charge is 2.20. The fourth-order valence-electron chi connectivity index (χ4n) is 2.16. The first-order valence-electron chi connectivity index (χ1n) is 6.40. The Hall–Kier alpha value is -1.42. The molecule has 0 aliphatic carbocycles. The van der Waals surface area contributed by atoms with Crippen molar-refractivity contribution in [2.45, 2.75) is 26.3 Å². The van der Waals surface area contributed by atoms with Crippen molar-refractivity contribution in [1.82, 2.24) is 10.6 Å². The summed E-state index contributed by atoms with van der Waals surface area (Å²) in [7, 11) is 0. The monoisotopic (exact) mass is 250 g/mol. The van der Waals surface area contributed by atoms with Gasteiger partial charge in [0.15, 0.2) is 0 Å². The second-order valence-electron chi connectivity index (χ2n) is 4.84. The fraction of sp³-hybridized carbons (Fsp3) is 0.500. The second-order valence-corrected chi connectivity index (χ2v) is 4.84. The molecule has 18 heavy (non-hydrogen) atoms. The molecule has 1 saturated heterocycles. The molecule has 0 saturated carbocycles. The topological polar surface area (TPSA) is 41.1 Å². The number of nitrogens with one attached hydrogen (secondary N) is 2. The van der Waals surface area contributed by atoms with Gasteiger partial charge in [-0.25, -0.2) is 4.39 Å². The van der Waals surface area contributed by atoms with E-state index in [1.165, 1.54) is 6.07 Å². The fourth-order valence-corrected chi connectivity index (χ4v) is 2.16. The quantitative estimate of drug-likeness (QED) is 0.858. The Morgan fingerprint density at radius 1 is 1.56 bits per heavy atom. The standard InChI is InChI=1S/C14H19FN2O/c1-10-4-5-11(7-13(10)15)8-17-14(18)12-3-2-6-16-9-12/h4-5,7,12,16H,2-3,6,8-9H2,1H3,(H,17,18)/t12-/m1/s1. The van der Waals surface area contributed by atoms with Crippen LogP contribution in [0.2, 0.25) is 0 Å². The van der Waals surface area contributed by atoms with Crippen molar-refractivity contribution in [2.75, 3.05) is 13.1 Å². The molecule has 0 unspecified atom stereocenters. The largest absolute Gasteiger partial charge is 0.352 e. The van der Waals surface area contributed by atoms with E-state index in [0.717, 1.165) is 31.5 Å². The molecule has 2 rings (SSSR count). The third-order valence-electron chi connectivity index (χ3n) is 3.37. The molecular formula is C14H19FN2O. The zero-order valence-corrected chi connectivity index (χ0v) is 10.6. The molecule has 98 valence electrons. The van der Waals surface area contributed by atoms with Crippen molar-refractivity contribution in [3.63, 3.8) is 0 Å². The summed E-state index contributed by atoms with van der Waals surface area (Å²) in [5.41, 5.74) is 1.43. The Bertz CT molecular complexity index is 428. The molecule has 3 nitrogen and oxygen atoms in total. The molecule has 2 N–H and O–H groups in total. The first-order chi connectivity index (χ1) is 8.66. The minimum Gasteiger partial charge on any atom is -0.352 e. The van der Waals surface area contributed by atoms with Crippen LogP contribution < -0.4 is 10.6 Å². The average Bonchev–Trinajstić information content (AvgIpc) is 2.41. The van der Waals surface area contributed by atoms with Gasteiger partial charge in [0, 0.05) is 13.1 Å². The summed E-state index contributed by atoms with van der Waals surface area (Å²) in [6.07, 6.45) is 1.97. The van der Waals surface area contributed by atoms with E-state index in [1.807, 2.05) is 6.07 Å². The molecule has 1 heterocycles. The van der Waals surface area contributed by atoms with E-state index in [4.69, 9.17) is 0 Å². The maximum Gasteiger partial charge on any atom is 0.224 e. The van der Waals surface area contributed by atoms with Crippen LogP contribution in [0, 0.1) is 18.7 Å². The van der Waals surface area contributed by atoms with Gasteiger partial charge in [0.05, 0.1) is 5.92 Å². The molecule has 1 aromatic rings. The summed E-state index contributed by atoms with van der Waals surface area (Å²) >= 11 is 0. The molecule has 0 aromatic heterocycles. The molecule has 1 amide bonds. The number of piperidine rings is 1. The van der Waals surface area contributed by atoms with Crippen LogP contribution >= 0.6 is 0 Å². The van der Waals surface area contributed by atoms with Crippen LogP contribution in [0.4, 0.5) is 4.39 Å². The Kier molecular flexibility index (Phi) is 4.31. The first kappa shape index (κ1) is 13.0. The molecule has 0 spiro atoms. The van der Waals surface area contributed by atoms with Crippen molar-refractivity contribution >= 4 is 5.91 Å². The molecule has 0 bridgehead atoms. The molecule has 1 fully saturated rings. The van der Waals surface area contributed by atoms with Crippen LogP contribution in [-0.2, 0) is 11.3 Å². The molecule has 1 aliphatic heterocycles. The summed E-state index contributed by atoms with van der Waals surface area (Å²) < 4.78 is 13.3. The van der Waals surface area contributed by atoms with E-state index >= 15 is 0 Å². The number of carbonyl (C=O) groups excluding carboxylic acids is 1. The molecule has 0 radical (unpaired) electrons. The zero-order valence-electron chi connectivity index (χ0n) is 10.6. The average molecular weight is 250 g/mol. The number of aryl methyl sites for hydroxylation is 1. The van der Waals surface area contributed by atoms with Crippen LogP contribution in [0.5, 0.6) is 0 Å². The maximum atomic E-state index is 13.3. The molecule has 4 heteroatoms. The zero-order chi connectivity index (χ0) is 13.0. The lowest BCUT2D eigenvalue weighted by Crippen LogP contribution is -2.40. The summed E-state index contributed by atoms with van der Waals surface area (Å²) in [6.45, 7) is 3.86. The Balaban J connectivity index is 1.86. The number of rotatable bonds is 3. The number of hydrogen-bond acceptors (Lipinski definition) is 2. The summed E-state index contributed by atoms with van der Waals surface area (Å²) in [6, 6.07) is 5.06. The predicted octanol–water partition coefficient (Wildman–Crippen LogP) is 1.75. The van der Waals surface area contributed by atoms with Gasteiger partial charge in [-0.05, 0) is 43.5 Å². The van der Waals surface area contributed by atoms with Crippen molar-refractivity contribution in [1.29, 1.82) is 0 Å². The predicted molar refractivity (Wildman–Crippen MR) is 68.6 cm³/mol. The lowest BCUT2D eigenvalue weighted by molar-refractivity contribution is -0.125. The molecule has 1 aromatic carbocycles. The molecule has 1 aliphatic rings. The molecular weight excluding hydrogens is 231 g/mol. The minimum absolute atomic E-state index is 0.0500. The Labute approximate surface area is 107 Å². The SMILES string of the molecule is Cc1ccc(CNC(=O)[C@@H]2CCCNC2)cc1F. The van der Waals surface area contributed by atoms with Crippen LogP contribution in [-0.4, -0.2) is 19.0 Å². The van der Waals surface area contributed by atoms with Gasteiger partial charge in [-0.3, -0.25) is 4.79 Å². The molecule has 1 atom stereocenters. The number of hydrogen-bond donors (Lipinski definition) is 2. The van der Waals surface area contributed by atoms with E-state index < -0.39 is 0 Å². The van der Waals surface area contributed by atoms with Crippen molar-refractivity contribution < 1.29 is 9.18 Å². The van der Waals surface area contributed by atoms with Crippen LogP contribution in [0.15, 0.2) is 18.2 Å². The highest BCUT2D eigenvalue weighted by atomic mass is 19.1. The number of carbonyl (C=O) groups is 1. The highest BCUT2D eigenvalue weighted by molar-refractivity contribution is 5.78. The van der Waals surface area contributed by atoms with Crippen molar-refractivity contribution in [3.05, 3.63) is 35.1 Å². The van der Waals surface area contributed by atoms with E-state index in [2.05, 4.69) is 10.6 Å². The lowest BCUT2D eigenvalue weighted by Gasteiger charge is -2.21. The van der Waals surface area contributed by atoms with Crippen LogP contribution in [0.1, 0.15) is 24.0 Å². The number of amides is 1. The summed E-state index contributed by atoms with van der Waals surface area (Å²) in [5.74, 6) is -0.113. The Morgan fingerprint density at radius 3 is 3.06 bits per heavy atom. The maximum absolute atomic E-state index is 13.3.